The van der Waals surface area contributed by atoms with E-state index >= 15 is 0 Å². The second-order valence-corrected chi connectivity index (χ2v) is 7.92. The molecule has 31 heavy (non-hydrogen) atoms. The first-order chi connectivity index (χ1) is 14.5. The van der Waals surface area contributed by atoms with E-state index in [1.54, 1.807) is 17.7 Å². The number of aliphatic hydroxyl groups excluding tert-OH is 1. The summed E-state index contributed by atoms with van der Waals surface area (Å²) in [4.78, 5) is 19.1. The van der Waals surface area contributed by atoms with Gasteiger partial charge in [-0.2, -0.15) is 0 Å². The third kappa shape index (κ3) is 5.05. The molecule has 0 unspecified atom stereocenters. The van der Waals surface area contributed by atoms with E-state index < -0.39 is 0 Å². The van der Waals surface area contributed by atoms with Crippen molar-refractivity contribution >= 4 is 48.2 Å². The molecule has 2 heterocycles. The summed E-state index contributed by atoms with van der Waals surface area (Å²) in [6.45, 7) is 2.85. The monoisotopic (exact) mass is 604 g/mol. The maximum atomic E-state index is 10.0. The van der Waals surface area contributed by atoms with E-state index in [1.807, 2.05) is 24.3 Å². The van der Waals surface area contributed by atoms with Gasteiger partial charge in [0.1, 0.15) is 6.33 Å². The predicted molar refractivity (Wildman–Crippen MR) is 124 cm³/mol. The molecule has 0 saturated carbocycles. The molecule has 0 amide bonds. The number of aliphatic hydroxyl groups is 1. The van der Waals surface area contributed by atoms with E-state index in [4.69, 9.17) is 5.11 Å². The molecule has 1 N–H and O–H groups in total. The van der Waals surface area contributed by atoms with E-state index in [0.29, 0.717) is 0 Å². The van der Waals surface area contributed by atoms with Gasteiger partial charge in [-0.15, -0.1) is 47.2 Å². The molecule has 4 nitrogen and oxygen atoms in total. The summed E-state index contributed by atoms with van der Waals surface area (Å²) in [6, 6.07) is 24.1. The first-order valence-electron chi connectivity index (χ1n) is 9.44. The Morgan fingerprint density at radius 2 is 1.74 bits per heavy atom. The van der Waals surface area contributed by atoms with Gasteiger partial charge in [0, 0.05) is 46.7 Å². The maximum Gasteiger partial charge on any atom is 0.155 e. The second kappa shape index (κ2) is 9.92. The number of thiophene rings is 1. The minimum Gasteiger partial charge on any atom is -0.512 e. The van der Waals surface area contributed by atoms with Crippen molar-refractivity contribution in [3.8, 4) is 11.3 Å². The smallest absolute Gasteiger partial charge is 0.155 e. The summed E-state index contributed by atoms with van der Waals surface area (Å²) >= 11 is 1.75. The van der Waals surface area contributed by atoms with Crippen LogP contribution < -0.4 is 0 Å². The molecule has 0 spiro atoms. The van der Waals surface area contributed by atoms with E-state index in [2.05, 4.69) is 52.4 Å². The van der Waals surface area contributed by atoms with Crippen LogP contribution in [-0.2, 0) is 24.9 Å². The van der Waals surface area contributed by atoms with Crippen LogP contribution in [0, 0.1) is 6.07 Å². The van der Waals surface area contributed by atoms with Gasteiger partial charge in [0.25, 0.3) is 0 Å². The molecule has 0 aliphatic carbocycles. The summed E-state index contributed by atoms with van der Waals surface area (Å²) in [5, 5.41) is 12.1. The fourth-order valence-corrected chi connectivity index (χ4v) is 4.48. The summed E-state index contributed by atoms with van der Waals surface area (Å²) in [7, 11) is 0. The molecule has 6 heteroatoms. The molecule has 0 aliphatic heterocycles. The number of fused-ring (bicyclic) bond motifs is 4. The molecule has 0 aliphatic rings. The van der Waals surface area contributed by atoms with Crippen LogP contribution >= 0.6 is 11.3 Å². The number of benzene rings is 3. The van der Waals surface area contributed by atoms with Gasteiger partial charge in [-0.1, -0.05) is 24.3 Å². The number of rotatable bonds is 2. The number of allylic oxidation sites excluding steroid dienone is 2. The Bertz CT molecular complexity index is 1390. The number of hydrogen-bond donors (Lipinski definition) is 1. The Hall–Kier alpha value is -2.92. The van der Waals surface area contributed by atoms with Crippen molar-refractivity contribution in [1.29, 1.82) is 0 Å². The summed E-state index contributed by atoms with van der Waals surface area (Å²) in [5.74, 6) is -0.0625. The molecule has 0 atom stereocenters. The van der Waals surface area contributed by atoms with Crippen molar-refractivity contribution in [3.63, 3.8) is 0 Å². The average molecular weight is 604 g/mol. The minimum absolute atomic E-state index is 0. The predicted octanol–water partition coefficient (Wildman–Crippen LogP) is 6.50. The Morgan fingerprint density at radius 3 is 2.35 bits per heavy atom. The zero-order chi connectivity index (χ0) is 21.1. The zero-order valence-corrected chi connectivity index (χ0v) is 20.1. The molecule has 0 fully saturated rings. The Morgan fingerprint density at radius 1 is 1.03 bits per heavy atom. The average Bonchev–Trinajstić information content (AvgIpc) is 3.09. The molecule has 2 aromatic heterocycles. The molecule has 0 bridgehead atoms. The summed E-state index contributed by atoms with van der Waals surface area (Å²) in [6.07, 6.45) is 2.82. The molecule has 157 valence electrons. The number of carbonyl (C=O) groups excluding carboxylic acids is 1. The van der Waals surface area contributed by atoms with Gasteiger partial charge in [0.15, 0.2) is 5.78 Å². The number of carbonyl (C=O) groups is 1. The topological polar surface area (TPSA) is 63.1 Å². The number of ketones is 1. The second-order valence-electron chi connectivity index (χ2n) is 6.87. The summed E-state index contributed by atoms with van der Waals surface area (Å²) in [5.41, 5.74) is 3.00. The van der Waals surface area contributed by atoms with Gasteiger partial charge in [-0.05, 0) is 36.8 Å². The standard InChI is InChI=1S/C20H11N2S.C5H8O2.Ir/c1-2-6-13(7-3-1)18-20-19(22-12-21-18)16-10-14-8-4-5-9-15(14)11-17(16)23-20;1-4(6)3-5(2)7;/h1-6,8-12H;3,6H,1-2H3;/q-1;;/b;4-3-;. The van der Waals surface area contributed by atoms with Gasteiger partial charge in [0.05, 0.1) is 11.3 Å². The van der Waals surface area contributed by atoms with Crippen molar-refractivity contribution in [2.24, 2.45) is 0 Å². The SMILES string of the molecule is CC(=O)/C=C(/C)O.[Ir].[c-]1ccccc1-c1ncnc2c1sc1cc3ccccc3cc12. The number of nitrogens with zero attached hydrogens (tertiary/aromatic N) is 2. The van der Waals surface area contributed by atoms with Crippen LogP contribution in [0.15, 0.2) is 78.8 Å². The Kier molecular flexibility index (Phi) is 7.29. The molecular weight excluding hydrogens is 585 g/mol. The van der Waals surface area contributed by atoms with Crippen LogP contribution in [-0.4, -0.2) is 20.9 Å². The fourth-order valence-electron chi connectivity index (χ4n) is 3.29. The van der Waals surface area contributed by atoms with Gasteiger partial charge < -0.3 is 5.11 Å². The van der Waals surface area contributed by atoms with Gasteiger partial charge in [-0.25, -0.2) is 4.98 Å². The molecule has 3 aromatic carbocycles. The van der Waals surface area contributed by atoms with Crippen LogP contribution in [0.1, 0.15) is 13.8 Å². The Labute approximate surface area is 197 Å². The van der Waals surface area contributed by atoms with Crippen molar-refractivity contribution in [2.45, 2.75) is 13.8 Å². The van der Waals surface area contributed by atoms with E-state index in [1.165, 1.54) is 40.8 Å². The zero-order valence-electron chi connectivity index (χ0n) is 16.9. The fraction of sp³-hybridized carbons (Fsp3) is 0.0800. The third-order valence-electron chi connectivity index (χ3n) is 4.50. The van der Waals surface area contributed by atoms with Crippen molar-refractivity contribution in [1.82, 2.24) is 9.97 Å². The van der Waals surface area contributed by atoms with Crippen LogP contribution in [0.25, 0.3) is 42.3 Å². The number of aromatic nitrogens is 2. The van der Waals surface area contributed by atoms with Crippen LogP contribution in [0.5, 0.6) is 0 Å². The van der Waals surface area contributed by atoms with Crippen LogP contribution in [0.3, 0.4) is 0 Å². The quantitative estimate of drug-likeness (QED) is 0.142. The van der Waals surface area contributed by atoms with Crippen LogP contribution in [0.4, 0.5) is 0 Å². The molecule has 5 rings (SSSR count). The van der Waals surface area contributed by atoms with Crippen molar-refractivity contribution < 1.29 is 30.0 Å². The van der Waals surface area contributed by atoms with Gasteiger partial charge in [-0.3, -0.25) is 9.78 Å². The van der Waals surface area contributed by atoms with Gasteiger partial charge >= 0.3 is 0 Å². The molecule has 5 aromatic rings. The maximum absolute atomic E-state index is 10.0. The van der Waals surface area contributed by atoms with E-state index in [9.17, 15) is 4.79 Å². The molecule has 1 radical (unpaired) electrons. The van der Waals surface area contributed by atoms with Crippen LogP contribution in [0.2, 0.25) is 0 Å². The van der Waals surface area contributed by atoms with E-state index in [0.717, 1.165) is 21.5 Å². The normalized spacial score (nSPS) is 11.1. The van der Waals surface area contributed by atoms with Crippen molar-refractivity contribution in [2.75, 3.05) is 0 Å². The first-order valence-corrected chi connectivity index (χ1v) is 10.3. The van der Waals surface area contributed by atoms with E-state index in [-0.39, 0.29) is 31.6 Å². The molecular formula is C25H19IrN2O2S-. The third-order valence-corrected chi connectivity index (χ3v) is 5.64. The molecule has 0 saturated heterocycles. The van der Waals surface area contributed by atoms with Crippen molar-refractivity contribution in [3.05, 3.63) is 84.9 Å². The Balaban J connectivity index is 0.000000299. The summed E-state index contributed by atoms with van der Waals surface area (Å²) < 4.78 is 2.37. The number of hydrogen-bond acceptors (Lipinski definition) is 5. The van der Waals surface area contributed by atoms with Gasteiger partial charge in [0.2, 0.25) is 0 Å². The largest absolute Gasteiger partial charge is 0.512 e. The first kappa shape index (κ1) is 22.8. The minimum atomic E-state index is -0.125.